The Balaban J connectivity index is 1.98. The highest BCUT2D eigenvalue weighted by atomic mass is 16.2. The van der Waals surface area contributed by atoms with Crippen LogP contribution >= 0.6 is 0 Å². The van der Waals surface area contributed by atoms with E-state index in [0.717, 1.165) is 25.2 Å². The Morgan fingerprint density at radius 3 is 2.84 bits per heavy atom. The molecule has 1 aliphatic carbocycles. The summed E-state index contributed by atoms with van der Waals surface area (Å²) in [7, 11) is 3.45. The van der Waals surface area contributed by atoms with Gasteiger partial charge in [0.05, 0.1) is 0 Å². The van der Waals surface area contributed by atoms with E-state index in [-0.39, 0.29) is 5.91 Å². The number of pyridine rings is 1. The van der Waals surface area contributed by atoms with E-state index >= 15 is 0 Å². The molecular weight excluding hydrogens is 240 g/mol. The predicted octanol–water partition coefficient (Wildman–Crippen LogP) is 1.32. The number of nitrogens with zero attached hydrogens (tertiary/aromatic N) is 2. The van der Waals surface area contributed by atoms with E-state index in [9.17, 15) is 4.79 Å². The van der Waals surface area contributed by atoms with Crippen molar-refractivity contribution < 1.29 is 4.79 Å². The second kappa shape index (κ2) is 5.57. The van der Waals surface area contributed by atoms with Crippen LogP contribution < -0.4 is 11.1 Å². The third kappa shape index (κ3) is 3.44. The zero-order valence-corrected chi connectivity index (χ0v) is 11.6. The van der Waals surface area contributed by atoms with Crippen molar-refractivity contribution >= 4 is 11.6 Å². The number of aromatic nitrogens is 1. The Bertz CT molecular complexity index is 455. The molecule has 5 heteroatoms. The summed E-state index contributed by atoms with van der Waals surface area (Å²) in [6, 6.07) is 3.70. The van der Waals surface area contributed by atoms with Crippen molar-refractivity contribution in [2.45, 2.75) is 19.3 Å². The number of carbonyl (C=O) groups is 1. The Labute approximate surface area is 114 Å². The van der Waals surface area contributed by atoms with Gasteiger partial charge in [-0.15, -0.1) is 0 Å². The van der Waals surface area contributed by atoms with E-state index in [1.54, 1.807) is 26.4 Å². The van der Waals surface area contributed by atoms with Gasteiger partial charge in [-0.05, 0) is 43.4 Å². The summed E-state index contributed by atoms with van der Waals surface area (Å²) in [5.74, 6) is -0.0771. The molecule has 1 fully saturated rings. The fourth-order valence-corrected chi connectivity index (χ4v) is 2.17. The van der Waals surface area contributed by atoms with Gasteiger partial charge >= 0.3 is 0 Å². The molecule has 3 N–H and O–H groups in total. The summed E-state index contributed by atoms with van der Waals surface area (Å²) in [6.07, 6.45) is 5.22. The molecular formula is C14H22N4O. The minimum atomic E-state index is -0.0771. The minimum absolute atomic E-state index is 0.0771. The lowest BCUT2D eigenvalue weighted by atomic mass is 10.0. The van der Waals surface area contributed by atoms with Crippen molar-refractivity contribution in [1.29, 1.82) is 0 Å². The summed E-state index contributed by atoms with van der Waals surface area (Å²) in [6.45, 7) is 1.66. The van der Waals surface area contributed by atoms with Crippen LogP contribution in [0.3, 0.4) is 0 Å². The van der Waals surface area contributed by atoms with E-state index < -0.39 is 0 Å². The van der Waals surface area contributed by atoms with Gasteiger partial charge in [-0.25, -0.2) is 0 Å². The molecule has 1 aliphatic rings. The van der Waals surface area contributed by atoms with Gasteiger partial charge in [0.1, 0.15) is 5.69 Å². The predicted molar refractivity (Wildman–Crippen MR) is 76.1 cm³/mol. The van der Waals surface area contributed by atoms with Gasteiger partial charge < -0.3 is 16.0 Å². The van der Waals surface area contributed by atoms with Crippen LogP contribution in [0, 0.1) is 5.41 Å². The van der Waals surface area contributed by atoms with Crippen LogP contribution in [0.15, 0.2) is 18.3 Å². The molecule has 0 atom stereocenters. The van der Waals surface area contributed by atoms with Crippen LogP contribution in [0.25, 0.3) is 0 Å². The molecule has 19 heavy (non-hydrogen) atoms. The molecule has 0 bridgehead atoms. The maximum atomic E-state index is 11.8. The Morgan fingerprint density at radius 2 is 2.26 bits per heavy atom. The van der Waals surface area contributed by atoms with Crippen molar-refractivity contribution in [3.8, 4) is 0 Å². The fraction of sp³-hybridized carbons (Fsp3) is 0.571. The topological polar surface area (TPSA) is 71.2 Å². The SMILES string of the molecule is CN(C)C(=O)c1cc(NCC2(CCN)CC2)ccn1. The van der Waals surface area contributed by atoms with E-state index in [2.05, 4.69) is 10.3 Å². The molecule has 5 nitrogen and oxygen atoms in total. The number of nitrogens with one attached hydrogen (secondary N) is 1. The third-order valence-corrected chi connectivity index (χ3v) is 3.68. The number of amides is 1. The molecule has 0 unspecified atom stereocenters. The number of carbonyl (C=O) groups excluding carboxylic acids is 1. The van der Waals surface area contributed by atoms with Crippen molar-refractivity contribution in [3.05, 3.63) is 24.0 Å². The molecule has 0 spiro atoms. The average Bonchev–Trinajstić information content (AvgIpc) is 3.16. The number of rotatable bonds is 6. The molecule has 1 aromatic heterocycles. The summed E-state index contributed by atoms with van der Waals surface area (Å²) in [4.78, 5) is 17.5. The van der Waals surface area contributed by atoms with Crippen LogP contribution in [0.2, 0.25) is 0 Å². The largest absolute Gasteiger partial charge is 0.384 e. The van der Waals surface area contributed by atoms with Crippen molar-refractivity contribution in [2.75, 3.05) is 32.5 Å². The highest BCUT2D eigenvalue weighted by Gasteiger charge is 2.41. The summed E-state index contributed by atoms with van der Waals surface area (Å²) in [5.41, 5.74) is 7.43. The molecule has 2 rings (SSSR count). The van der Waals surface area contributed by atoms with Crippen LogP contribution in [0.4, 0.5) is 5.69 Å². The monoisotopic (exact) mass is 262 g/mol. The lowest BCUT2D eigenvalue weighted by Crippen LogP contribution is -2.23. The smallest absolute Gasteiger partial charge is 0.272 e. The first-order chi connectivity index (χ1) is 9.06. The molecule has 1 saturated carbocycles. The summed E-state index contributed by atoms with van der Waals surface area (Å²) >= 11 is 0. The summed E-state index contributed by atoms with van der Waals surface area (Å²) < 4.78 is 0. The van der Waals surface area contributed by atoms with E-state index in [0.29, 0.717) is 11.1 Å². The van der Waals surface area contributed by atoms with Gasteiger partial charge in [0.2, 0.25) is 0 Å². The number of anilines is 1. The van der Waals surface area contributed by atoms with Crippen molar-refractivity contribution in [1.82, 2.24) is 9.88 Å². The van der Waals surface area contributed by atoms with E-state index in [4.69, 9.17) is 5.73 Å². The minimum Gasteiger partial charge on any atom is -0.384 e. The Hall–Kier alpha value is -1.62. The second-order valence-electron chi connectivity index (χ2n) is 5.52. The molecule has 0 aromatic carbocycles. The Morgan fingerprint density at radius 1 is 1.53 bits per heavy atom. The van der Waals surface area contributed by atoms with Gasteiger partial charge in [-0.3, -0.25) is 9.78 Å². The zero-order valence-electron chi connectivity index (χ0n) is 11.6. The third-order valence-electron chi connectivity index (χ3n) is 3.68. The molecule has 0 aliphatic heterocycles. The lowest BCUT2D eigenvalue weighted by Gasteiger charge is -2.16. The number of nitrogens with two attached hydrogens (primary N) is 1. The lowest BCUT2D eigenvalue weighted by molar-refractivity contribution is 0.0822. The fourth-order valence-electron chi connectivity index (χ4n) is 2.17. The second-order valence-corrected chi connectivity index (χ2v) is 5.52. The highest BCUT2D eigenvalue weighted by molar-refractivity contribution is 5.92. The van der Waals surface area contributed by atoms with Gasteiger partial charge in [-0.1, -0.05) is 0 Å². The number of hydrogen-bond donors (Lipinski definition) is 2. The van der Waals surface area contributed by atoms with Gasteiger partial charge in [-0.2, -0.15) is 0 Å². The first-order valence-corrected chi connectivity index (χ1v) is 6.68. The van der Waals surface area contributed by atoms with Gasteiger partial charge in [0.15, 0.2) is 0 Å². The van der Waals surface area contributed by atoms with Crippen molar-refractivity contribution in [3.63, 3.8) is 0 Å². The number of hydrogen-bond acceptors (Lipinski definition) is 4. The molecule has 0 saturated heterocycles. The summed E-state index contributed by atoms with van der Waals surface area (Å²) in [5, 5.41) is 3.40. The Kier molecular flexibility index (Phi) is 4.04. The maximum Gasteiger partial charge on any atom is 0.272 e. The average molecular weight is 262 g/mol. The highest BCUT2D eigenvalue weighted by Crippen LogP contribution is 2.48. The van der Waals surface area contributed by atoms with Crippen LogP contribution in [0.5, 0.6) is 0 Å². The van der Waals surface area contributed by atoms with E-state index in [1.165, 1.54) is 17.7 Å². The molecule has 1 heterocycles. The van der Waals surface area contributed by atoms with Crippen LogP contribution in [-0.4, -0.2) is 43.0 Å². The van der Waals surface area contributed by atoms with Gasteiger partial charge in [0, 0.05) is 32.5 Å². The quantitative estimate of drug-likeness (QED) is 0.811. The van der Waals surface area contributed by atoms with Crippen LogP contribution in [0.1, 0.15) is 29.8 Å². The normalized spacial score (nSPS) is 15.9. The first kappa shape index (κ1) is 13.8. The molecule has 1 aromatic rings. The zero-order chi connectivity index (χ0) is 13.9. The van der Waals surface area contributed by atoms with Crippen LogP contribution in [-0.2, 0) is 0 Å². The molecule has 1 amide bonds. The molecule has 104 valence electrons. The standard InChI is InChI=1S/C14H22N4O/c1-18(2)13(19)12-9-11(3-8-16-12)17-10-14(4-5-14)6-7-15/h3,8-9H,4-7,10,15H2,1-2H3,(H,16,17). The van der Waals surface area contributed by atoms with E-state index in [1.807, 2.05) is 6.07 Å². The first-order valence-electron chi connectivity index (χ1n) is 6.68. The van der Waals surface area contributed by atoms with Gasteiger partial charge in [0.25, 0.3) is 5.91 Å². The maximum absolute atomic E-state index is 11.8. The molecule has 0 radical (unpaired) electrons. The van der Waals surface area contributed by atoms with Crippen molar-refractivity contribution in [2.24, 2.45) is 11.1 Å².